The molecular formula is C35H49N3O7. The van der Waals surface area contributed by atoms with E-state index in [0.717, 1.165) is 19.3 Å². The highest BCUT2D eigenvalue weighted by Crippen LogP contribution is 2.59. The lowest BCUT2D eigenvalue weighted by molar-refractivity contribution is -0.161. The second kappa shape index (κ2) is 15.7. The molecule has 246 valence electrons. The van der Waals surface area contributed by atoms with Gasteiger partial charge in [0.1, 0.15) is 17.7 Å². The number of rotatable bonds is 18. The molecule has 0 radical (unpaired) electrons. The highest BCUT2D eigenvalue weighted by atomic mass is 16.6. The van der Waals surface area contributed by atoms with E-state index < -0.39 is 47.7 Å². The summed E-state index contributed by atoms with van der Waals surface area (Å²) in [5.74, 6) is -3.22. The van der Waals surface area contributed by atoms with Crippen molar-refractivity contribution in [2.75, 3.05) is 26.2 Å². The maximum atomic E-state index is 14.4. The zero-order valence-electron chi connectivity index (χ0n) is 26.7. The van der Waals surface area contributed by atoms with Crippen molar-refractivity contribution < 1.29 is 33.8 Å². The van der Waals surface area contributed by atoms with Crippen molar-refractivity contribution in [3.8, 4) is 0 Å². The minimum Gasteiger partial charge on any atom is -0.455 e. The molecule has 3 aliphatic rings. The van der Waals surface area contributed by atoms with Gasteiger partial charge in [-0.3, -0.25) is 19.2 Å². The summed E-state index contributed by atoms with van der Waals surface area (Å²) in [4.78, 5) is 58.4. The van der Waals surface area contributed by atoms with Gasteiger partial charge in [-0.15, -0.1) is 13.2 Å². The number of amides is 3. The number of allylic oxidation sites excluding steroid dienone is 1. The van der Waals surface area contributed by atoms with Crippen LogP contribution in [0.4, 0.5) is 0 Å². The third-order valence-electron chi connectivity index (χ3n) is 9.50. The van der Waals surface area contributed by atoms with Crippen LogP contribution in [0.5, 0.6) is 0 Å². The Labute approximate surface area is 266 Å². The summed E-state index contributed by atoms with van der Waals surface area (Å²) < 4.78 is 12.7. The number of carbonyl (C=O) groups excluding carboxylic acids is 4. The Hall–Kier alpha value is -3.50. The number of nitrogens with zero attached hydrogens (tertiary/aromatic N) is 2. The third-order valence-corrected chi connectivity index (χ3v) is 9.50. The molecule has 4 rings (SSSR count). The summed E-state index contributed by atoms with van der Waals surface area (Å²) in [6.07, 6.45) is 6.94. The summed E-state index contributed by atoms with van der Waals surface area (Å²) >= 11 is 0. The molecule has 0 aliphatic carbocycles. The molecule has 1 spiro atoms. The molecule has 3 amide bonds. The van der Waals surface area contributed by atoms with Gasteiger partial charge in [0.25, 0.3) is 0 Å². The number of likely N-dealkylation sites (tertiary alicyclic amines) is 1. The smallest absolute Gasteiger partial charge is 0.313 e. The molecule has 0 unspecified atom stereocenters. The van der Waals surface area contributed by atoms with Gasteiger partial charge in [0, 0.05) is 19.5 Å². The highest BCUT2D eigenvalue weighted by molar-refractivity contribution is 5.98. The Morgan fingerprint density at radius 2 is 1.96 bits per heavy atom. The summed E-state index contributed by atoms with van der Waals surface area (Å²) in [6, 6.07) is 7.59. The molecule has 10 heteroatoms. The number of esters is 1. The van der Waals surface area contributed by atoms with Crippen LogP contribution in [0, 0.1) is 11.8 Å². The molecular weight excluding hydrogens is 574 g/mol. The lowest BCUT2D eigenvalue weighted by Crippen LogP contribution is -2.58. The maximum absolute atomic E-state index is 14.4. The van der Waals surface area contributed by atoms with Crippen molar-refractivity contribution >= 4 is 23.7 Å². The first-order valence-corrected chi connectivity index (χ1v) is 16.4. The second-order valence-electron chi connectivity index (χ2n) is 12.3. The van der Waals surface area contributed by atoms with Gasteiger partial charge in [0.05, 0.1) is 37.1 Å². The van der Waals surface area contributed by atoms with Crippen LogP contribution < -0.4 is 5.32 Å². The van der Waals surface area contributed by atoms with Crippen LogP contribution in [-0.2, 0) is 28.7 Å². The van der Waals surface area contributed by atoms with Gasteiger partial charge in [0.15, 0.2) is 0 Å². The van der Waals surface area contributed by atoms with Crippen LogP contribution in [0.15, 0.2) is 55.6 Å². The van der Waals surface area contributed by atoms with E-state index in [1.807, 2.05) is 37.3 Å². The van der Waals surface area contributed by atoms with Gasteiger partial charge in [-0.05, 0) is 37.7 Å². The molecule has 3 heterocycles. The monoisotopic (exact) mass is 623 g/mol. The van der Waals surface area contributed by atoms with E-state index in [2.05, 4.69) is 25.4 Å². The topological polar surface area (TPSA) is 125 Å². The number of carbonyl (C=O) groups is 4. The maximum Gasteiger partial charge on any atom is 0.313 e. The minimum absolute atomic E-state index is 0.0671. The fourth-order valence-electron chi connectivity index (χ4n) is 7.26. The average Bonchev–Trinajstić information content (AvgIpc) is 3.70. The van der Waals surface area contributed by atoms with E-state index in [1.54, 1.807) is 17.1 Å². The average molecular weight is 624 g/mol. The van der Waals surface area contributed by atoms with Crippen molar-refractivity contribution in [1.29, 1.82) is 0 Å². The molecule has 1 aromatic carbocycles. The summed E-state index contributed by atoms with van der Waals surface area (Å²) in [6.45, 7) is 12.0. The first-order valence-electron chi connectivity index (χ1n) is 16.4. The molecule has 45 heavy (non-hydrogen) atoms. The van der Waals surface area contributed by atoms with Gasteiger partial charge < -0.3 is 29.7 Å². The molecule has 10 nitrogen and oxygen atoms in total. The van der Waals surface area contributed by atoms with Gasteiger partial charge in [0.2, 0.25) is 17.7 Å². The number of ether oxygens (including phenoxy) is 2. The Morgan fingerprint density at radius 3 is 2.60 bits per heavy atom. The highest BCUT2D eigenvalue weighted by Gasteiger charge is 2.75. The standard InChI is InChI=1S/C35H49N3O7/c1-5-9-14-21-37(20-7-3)33(42)31-35-19-18-26(45-35)29(30(35)32(41)38(31)25(8-4)23-39)34(43)44-27(24-15-12-11-13-16-24)22-36-28(40)17-10-6-2/h6-7,11-13,15-16,25-27,29-31,39H,2-3,5,8-10,14,17-23H2,1,4H3,(H,36,40)/t25-,26-,27-,29+,30+,31-,35+/m0/s1. The Balaban J connectivity index is 1.64. The second-order valence-corrected chi connectivity index (χ2v) is 12.3. The number of fused-ring (bicyclic) bond motifs is 1. The number of benzene rings is 1. The first-order chi connectivity index (χ1) is 21.8. The lowest BCUT2D eigenvalue weighted by atomic mass is 9.70. The zero-order valence-corrected chi connectivity index (χ0v) is 26.7. The van der Waals surface area contributed by atoms with Gasteiger partial charge in [-0.1, -0.05) is 69.2 Å². The van der Waals surface area contributed by atoms with E-state index in [1.165, 1.54) is 4.90 Å². The van der Waals surface area contributed by atoms with Crippen LogP contribution in [0.1, 0.15) is 76.9 Å². The number of aliphatic hydroxyl groups is 1. The molecule has 2 N–H and O–H groups in total. The first kappa shape index (κ1) is 34.4. The van der Waals surface area contributed by atoms with Crippen LogP contribution in [-0.4, -0.2) is 88.6 Å². The van der Waals surface area contributed by atoms with Gasteiger partial charge >= 0.3 is 5.97 Å². The van der Waals surface area contributed by atoms with E-state index >= 15 is 0 Å². The molecule has 3 aliphatic heterocycles. The van der Waals surface area contributed by atoms with Crippen LogP contribution in [0.25, 0.3) is 0 Å². The molecule has 0 saturated carbocycles. The van der Waals surface area contributed by atoms with Crippen molar-refractivity contribution in [2.45, 2.75) is 95.1 Å². The Kier molecular flexibility index (Phi) is 12.0. The van der Waals surface area contributed by atoms with E-state index in [9.17, 15) is 24.3 Å². The lowest BCUT2D eigenvalue weighted by Gasteiger charge is -2.39. The quantitative estimate of drug-likeness (QED) is 0.145. The third kappa shape index (κ3) is 7.02. The minimum atomic E-state index is -1.20. The summed E-state index contributed by atoms with van der Waals surface area (Å²) in [7, 11) is 0. The number of aliphatic hydroxyl groups excluding tert-OH is 1. The SMILES string of the molecule is C=CCCC(=O)NC[C@H](OC(=O)[C@@H]1[C@@H]2CC[C@]3(O2)[C@H](C(=O)N(CC=C)CCCCC)N([C@@H](CC)CO)C(=O)[C@@H]13)c1ccccc1. The number of nitrogens with one attached hydrogen (secondary N) is 1. The molecule has 2 bridgehead atoms. The summed E-state index contributed by atoms with van der Waals surface area (Å²) in [5.41, 5.74) is -0.490. The van der Waals surface area contributed by atoms with Gasteiger partial charge in [-0.25, -0.2) is 0 Å². The molecule has 7 atom stereocenters. The zero-order chi connectivity index (χ0) is 32.6. The normalized spacial score (nSPS) is 26.2. The molecule has 3 saturated heterocycles. The fourth-order valence-corrected chi connectivity index (χ4v) is 7.26. The molecule has 3 fully saturated rings. The van der Waals surface area contributed by atoms with E-state index in [-0.39, 0.29) is 37.3 Å². The number of hydrogen-bond acceptors (Lipinski definition) is 7. The number of unbranched alkanes of at least 4 members (excludes halogenated alkanes) is 2. The van der Waals surface area contributed by atoms with Crippen molar-refractivity contribution in [3.05, 3.63) is 61.2 Å². The van der Waals surface area contributed by atoms with Crippen LogP contribution in [0.3, 0.4) is 0 Å². The van der Waals surface area contributed by atoms with Crippen molar-refractivity contribution in [3.63, 3.8) is 0 Å². The van der Waals surface area contributed by atoms with Gasteiger partial charge in [-0.2, -0.15) is 0 Å². The van der Waals surface area contributed by atoms with E-state index in [4.69, 9.17) is 9.47 Å². The fraction of sp³-hybridized carbons (Fsp3) is 0.600. The van der Waals surface area contributed by atoms with Crippen LogP contribution in [0.2, 0.25) is 0 Å². The Bertz CT molecular complexity index is 1220. The molecule has 1 aromatic rings. The van der Waals surface area contributed by atoms with Crippen LogP contribution >= 0.6 is 0 Å². The van der Waals surface area contributed by atoms with Crippen molar-refractivity contribution in [1.82, 2.24) is 15.1 Å². The molecule has 0 aromatic heterocycles. The van der Waals surface area contributed by atoms with E-state index in [0.29, 0.717) is 44.3 Å². The Morgan fingerprint density at radius 1 is 1.20 bits per heavy atom. The predicted molar refractivity (Wildman–Crippen MR) is 170 cm³/mol. The summed E-state index contributed by atoms with van der Waals surface area (Å²) in [5, 5.41) is 13.2. The van der Waals surface area contributed by atoms with Crippen molar-refractivity contribution in [2.24, 2.45) is 11.8 Å². The predicted octanol–water partition coefficient (Wildman–Crippen LogP) is 3.70. The number of hydrogen-bond donors (Lipinski definition) is 2. The largest absolute Gasteiger partial charge is 0.455 e.